The molecule has 0 radical (unpaired) electrons. The van der Waals surface area contributed by atoms with E-state index in [0.717, 1.165) is 5.75 Å². The molecule has 1 aromatic rings. The average molecular weight is 232 g/mol. The summed E-state index contributed by atoms with van der Waals surface area (Å²) in [7, 11) is 0. The van der Waals surface area contributed by atoms with Crippen LogP contribution < -0.4 is 16.0 Å². The van der Waals surface area contributed by atoms with Crippen molar-refractivity contribution in [3.05, 3.63) is 29.8 Å². The van der Waals surface area contributed by atoms with E-state index in [-0.39, 0.29) is 6.04 Å². The average Bonchev–Trinajstić information content (AvgIpc) is 3.22. The number of hydrogen-bond acceptors (Lipinski definition) is 3. The van der Waals surface area contributed by atoms with Gasteiger partial charge < -0.3 is 4.74 Å². The molecule has 0 aromatic heterocycles. The number of ether oxygens (including phenoxy) is 1. The first-order valence-electron chi connectivity index (χ1n) is 6.44. The van der Waals surface area contributed by atoms with Crippen LogP contribution in [0.1, 0.15) is 44.2 Å². The van der Waals surface area contributed by atoms with Crippen molar-refractivity contribution in [3.63, 3.8) is 0 Å². The first-order chi connectivity index (χ1) is 8.21. The highest BCUT2D eigenvalue weighted by molar-refractivity contribution is 5.31. The van der Waals surface area contributed by atoms with Gasteiger partial charge in [0.1, 0.15) is 5.75 Å². The zero-order chi connectivity index (χ0) is 11.9. The molecule has 17 heavy (non-hydrogen) atoms. The Balaban J connectivity index is 1.73. The summed E-state index contributed by atoms with van der Waals surface area (Å²) in [5.74, 6) is 6.66. The van der Waals surface area contributed by atoms with Crippen LogP contribution in [0.15, 0.2) is 24.3 Å². The maximum Gasteiger partial charge on any atom is 0.119 e. The second kappa shape index (κ2) is 4.00. The van der Waals surface area contributed by atoms with Crippen molar-refractivity contribution in [1.29, 1.82) is 0 Å². The molecule has 2 aliphatic carbocycles. The van der Waals surface area contributed by atoms with E-state index in [0.29, 0.717) is 11.5 Å². The lowest BCUT2D eigenvalue weighted by atomic mass is 9.92. The van der Waals surface area contributed by atoms with Gasteiger partial charge in [-0.25, -0.2) is 0 Å². The van der Waals surface area contributed by atoms with E-state index < -0.39 is 0 Å². The summed E-state index contributed by atoms with van der Waals surface area (Å²) >= 11 is 0. The number of nitrogens with two attached hydrogens (primary N) is 1. The van der Waals surface area contributed by atoms with Crippen LogP contribution >= 0.6 is 0 Å². The summed E-state index contributed by atoms with van der Waals surface area (Å²) in [6.45, 7) is 2.28. The summed E-state index contributed by atoms with van der Waals surface area (Å²) in [5.41, 5.74) is 4.55. The lowest BCUT2D eigenvalue weighted by Gasteiger charge is -2.23. The molecule has 3 nitrogen and oxygen atoms in total. The summed E-state index contributed by atoms with van der Waals surface area (Å²) in [6, 6.07) is 8.64. The van der Waals surface area contributed by atoms with Crippen LogP contribution in [0.4, 0.5) is 0 Å². The number of nitrogens with one attached hydrogen (secondary N) is 1. The normalized spacial score (nSPS) is 23.2. The Morgan fingerprint density at radius 3 is 2.41 bits per heavy atom. The molecule has 2 aliphatic rings. The number of rotatable bonds is 5. The van der Waals surface area contributed by atoms with Gasteiger partial charge in [-0.2, -0.15) is 0 Å². The van der Waals surface area contributed by atoms with E-state index in [1.165, 1.54) is 31.2 Å². The van der Waals surface area contributed by atoms with Gasteiger partial charge in [0.15, 0.2) is 0 Å². The summed E-state index contributed by atoms with van der Waals surface area (Å²) in [5, 5.41) is 0. The fraction of sp³-hybridized carbons (Fsp3) is 0.571. The minimum absolute atomic E-state index is 0.262. The summed E-state index contributed by atoms with van der Waals surface area (Å²) in [6.07, 6.45) is 5.37. The number of hydrazine groups is 1. The lowest BCUT2D eigenvalue weighted by molar-refractivity contribution is 0.302. The maximum absolute atomic E-state index is 5.74. The third kappa shape index (κ3) is 2.31. The van der Waals surface area contributed by atoms with Gasteiger partial charge in [-0.1, -0.05) is 19.1 Å². The zero-order valence-electron chi connectivity index (χ0n) is 10.3. The van der Waals surface area contributed by atoms with Crippen LogP contribution in [0.2, 0.25) is 0 Å². The molecule has 3 heteroatoms. The molecule has 1 unspecified atom stereocenters. The number of hydrogen-bond donors (Lipinski definition) is 2. The first-order valence-corrected chi connectivity index (χ1v) is 6.44. The minimum atomic E-state index is 0.262. The van der Waals surface area contributed by atoms with Crippen molar-refractivity contribution in [3.8, 4) is 5.75 Å². The van der Waals surface area contributed by atoms with E-state index >= 15 is 0 Å². The maximum atomic E-state index is 5.74. The monoisotopic (exact) mass is 232 g/mol. The van der Waals surface area contributed by atoms with Gasteiger partial charge in [0.25, 0.3) is 0 Å². The van der Waals surface area contributed by atoms with Crippen LogP contribution in [-0.2, 0) is 0 Å². The van der Waals surface area contributed by atoms with E-state index in [4.69, 9.17) is 10.6 Å². The predicted octanol–water partition coefficient (Wildman–Crippen LogP) is 2.53. The Labute approximate surface area is 102 Å². The van der Waals surface area contributed by atoms with Crippen molar-refractivity contribution >= 4 is 0 Å². The Morgan fingerprint density at radius 1 is 1.29 bits per heavy atom. The van der Waals surface area contributed by atoms with E-state index in [9.17, 15) is 0 Å². The molecule has 0 amide bonds. The van der Waals surface area contributed by atoms with Crippen molar-refractivity contribution in [2.45, 2.75) is 44.8 Å². The fourth-order valence-electron chi connectivity index (χ4n) is 2.30. The number of benzene rings is 1. The molecular formula is C14H20N2O. The molecule has 0 bridgehead atoms. The molecule has 3 N–H and O–H groups in total. The standard InChI is InChI=1S/C14H20N2O/c1-14(8-9-14)13(16-15)10-2-4-11(5-3-10)17-12-6-7-12/h2-5,12-13,16H,6-9,15H2,1H3. The van der Waals surface area contributed by atoms with Crippen LogP contribution in [0, 0.1) is 5.41 Å². The lowest BCUT2D eigenvalue weighted by Crippen LogP contribution is -2.33. The molecule has 2 saturated carbocycles. The largest absolute Gasteiger partial charge is 0.490 e. The van der Waals surface area contributed by atoms with Gasteiger partial charge in [-0.05, 0) is 48.8 Å². The van der Waals surface area contributed by atoms with E-state index in [1.807, 2.05) is 0 Å². The molecule has 3 rings (SSSR count). The third-order valence-electron chi connectivity index (χ3n) is 3.94. The molecule has 0 saturated heterocycles. The van der Waals surface area contributed by atoms with Crippen molar-refractivity contribution in [2.75, 3.05) is 0 Å². The minimum Gasteiger partial charge on any atom is -0.490 e. The van der Waals surface area contributed by atoms with Crippen LogP contribution in [0.5, 0.6) is 5.75 Å². The molecule has 2 fully saturated rings. The summed E-state index contributed by atoms with van der Waals surface area (Å²) in [4.78, 5) is 0. The van der Waals surface area contributed by atoms with Gasteiger partial charge >= 0.3 is 0 Å². The van der Waals surface area contributed by atoms with Gasteiger partial charge in [0, 0.05) is 0 Å². The molecule has 0 heterocycles. The first kappa shape index (κ1) is 11.1. The molecule has 92 valence electrons. The van der Waals surface area contributed by atoms with Gasteiger partial charge in [-0.15, -0.1) is 0 Å². The van der Waals surface area contributed by atoms with Gasteiger partial charge in [0.05, 0.1) is 12.1 Å². The van der Waals surface area contributed by atoms with Gasteiger partial charge in [-0.3, -0.25) is 11.3 Å². The second-order valence-corrected chi connectivity index (χ2v) is 5.64. The molecule has 1 atom stereocenters. The highest BCUT2D eigenvalue weighted by atomic mass is 16.5. The van der Waals surface area contributed by atoms with Crippen LogP contribution in [0.25, 0.3) is 0 Å². The predicted molar refractivity (Wildman–Crippen MR) is 67.5 cm³/mol. The Bertz CT molecular complexity index is 393. The van der Waals surface area contributed by atoms with Crippen molar-refractivity contribution in [1.82, 2.24) is 5.43 Å². The topological polar surface area (TPSA) is 47.3 Å². The molecule has 0 aliphatic heterocycles. The Hall–Kier alpha value is -1.06. The Morgan fingerprint density at radius 2 is 1.94 bits per heavy atom. The third-order valence-corrected chi connectivity index (χ3v) is 3.94. The van der Waals surface area contributed by atoms with Gasteiger partial charge in [0.2, 0.25) is 0 Å². The highest BCUT2D eigenvalue weighted by Crippen LogP contribution is 2.54. The van der Waals surface area contributed by atoms with E-state index in [1.54, 1.807) is 0 Å². The smallest absolute Gasteiger partial charge is 0.119 e. The molecule has 0 spiro atoms. The van der Waals surface area contributed by atoms with Crippen molar-refractivity contribution in [2.24, 2.45) is 11.3 Å². The highest BCUT2D eigenvalue weighted by Gasteiger charge is 2.45. The molecule has 1 aromatic carbocycles. The quantitative estimate of drug-likeness (QED) is 0.606. The second-order valence-electron chi connectivity index (χ2n) is 5.64. The van der Waals surface area contributed by atoms with Crippen LogP contribution in [0.3, 0.4) is 0 Å². The fourth-order valence-corrected chi connectivity index (χ4v) is 2.30. The van der Waals surface area contributed by atoms with Crippen molar-refractivity contribution < 1.29 is 4.74 Å². The zero-order valence-corrected chi connectivity index (χ0v) is 10.3. The SMILES string of the molecule is CC1(C(NN)c2ccc(OC3CC3)cc2)CC1. The summed E-state index contributed by atoms with van der Waals surface area (Å²) < 4.78 is 5.74. The Kier molecular flexibility index (Phi) is 2.60. The van der Waals surface area contributed by atoms with Crippen LogP contribution in [-0.4, -0.2) is 6.10 Å². The van der Waals surface area contributed by atoms with E-state index in [2.05, 4.69) is 36.6 Å². The molecular weight excluding hydrogens is 212 g/mol.